The standard InChI is InChI=1S/C21H29N3O3S2/c1-17-11-12-20(28-17)29(26,27)24-15-6-8-18(16-24)21(25)22-13-7-14-23(2)19-9-4-3-5-10-19/h3-5,9-12,18H,6-8,13-16H2,1-2H3,(H,22,25). The van der Waals surface area contributed by atoms with E-state index in [-0.39, 0.29) is 18.4 Å². The third-order valence-corrected chi connectivity index (χ3v) is 8.56. The topological polar surface area (TPSA) is 69.7 Å². The molecule has 1 atom stereocenters. The maximum Gasteiger partial charge on any atom is 0.252 e. The highest BCUT2D eigenvalue weighted by atomic mass is 32.2. The second kappa shape index (κ2) is 9.73. The number of hydrogen-bond donors (Lipinski definition) is 1. The van der Waals surface area contributed by atoms with E-state index in [1.807, 2.05) is 38.2 Å². The first-order valence-corrected chi connectivity index (χ1v) is 12.2. The van der Waals surface area contributed by atoms with Crippen LogP contribution < -0.4 is 10.2 Å². The molecule has 158 valence electrons. The molecule has 2 aromatic rings. The monoisotopic (exact) mass is 435 g/mol. The largest absolute Gasteiger partial charge is 0.375 e. The van der Waals surface area contributed by atoms with E-state index < -0.39 is 10.0 Å². The number of rotatable bonds is 8. The van der Waals surface area contributed by atoms with Crippen molar-refractivity contribution in [2.24, 2.45) is 5.92 Å². The van der Waals surface area contributed by atoms with E-state index in [1.165, 1.54) is 15.6 Å². The Morgan fingerprint density at radius 2 is 2.00 bits per heavy atom. The van der Waals surface area contributed by atoms with Crippen LogP contribution in [0.15, 0.2) is 46.7 Å². The molecule has 1 amide bonds. The summed E-state index contributed by atoms with van der Waals surface area (Å²) < 4.78 is 27.5. The number of sulfonamides is 1. The number of carbonyl (C=O) groups excluding carboxylic acids is 1. The summed E-state index contributed by atoms with van der Waals surface area (Å²) in [5, 5.41) is 2.99. The average molecular weight is 436 g/mol. The van der Waals surface area contributed by atoms with Crippen LogP contribution in [0, 0.1) is 12.8 Å². The summed E-state index contributed by atoms with van der Waals surface area (Å²) in [4.78, 5) is 15.7. The fourth-order valence-corrected chi connectivity index (χ4v) is 6.50. The summed E-state index contributed by atoms with van der Waals surface area (Å²) in [6.45, 7) is 4.06. The highest BCUT2D eigenvalue weighted by Gasteiger charge is 2.33. The Morgan fingerprint density at radius 1 is 1.24 bits per heavy atom. The van der Waals surface area contributed by atoms with E-state index in [1.54, 1.807) is 6.07 Å². The Hall–Kier alpha value is -1.90. The van der Waals surface area contributed by atoms with Crippen LogP contribution in [-0.4, -0.2) is 51.9 Å². The average Bonchev–Trinajstić information content (AvgIpc) is 3.19. The van der Waals surface area contributed by atoms with Gasteiger partial charge in [-0.2, -0.15) is 4.31 Å². The molecule has 0 bridgehead atoms. The van der Waals surface area contributed by atoms with Crippen molar-refractivity contribution in [1.29, 1.82) is 0 Å². The van der Waals surface area contributed by atoms with Gasteiger partial charge in [-0.15, -0.1) is 11.3 Å². The molecule has 0 aliphatic carbocycles. The zero-order valence-corrected chi connectivity index (χ0v) is 18.6. The molecule has 1 aliphatic heterocycles. The van der Waals surface area contributed by atoms with Crippen molar-refractivity contribution >= 4 is 33.0 Å². The number of benzene rings is 1. The van der Waals surface area contributed by atoms with Gasteiger partial charge in [0.2, 0.25) is 5.91 Å². The smallest absolute Gasteiger partial charge is 0.252 e. The minimum absolute atomic E-state index is 0.0466. The van der Waals surface area contributed by atoms with E-state index in [4.69, 9.17) is 0 Å². The molecular formula is C21H29N3O3S2. The zero-order chi connectivity index (χ0) is 20.9. The Bertz CT molecular complexity index is 912. The molecule has 1 N–H and O–H groups in total. The third kappa shape index (κ3) is 5.58. The van der Waals surface area contributed by atoms with E-state index in [0.29, 0.717) is 23.7 Å². The van der Waals surface area contributed by atoms with E-state index in [2.05, 4.69) is 22.3 Å². The lowest BCUT2D eigenvalue weighted by molar-refractivity contribution is -0.126. The summed E-state index contributed by atoms with van der Waals surface area (Å²) >= 11 is 1.28. The number of piperidine rings is 1. The van der Waals surface area contributed by atoms with Crippen LogP contribution in [0.1, 0.15) is 24.1 Å². The Balaban J connectivity index is 1.47. The van der Waals surface area contributed by atoms with Crippen molar-refractivity contribution in [3.63, 3.8) is 0 Å². The summed E-state index contributed by atoms with van der Waals surface area (Å²) in [5.74, 6) is -0.332. The molecule has 2 heterocycles. The number of amides is 1. The fourth-order valence-electron chi connectivity index (χ4n) is 3.54. The lowest BCUT2D eigenvalue weighted by atomic mass is 9.99. The van der Waals surface area contributed by atoms with Crippen LogP contribution in [0.2, 0.25) is 0 Å². The molecule has 0 radical (unpaired) electrons. The van der Waals surface area contributed by atoms with Gasteiger partial charge in [0.15, 0.2) is 0 Å². The van der Waals surface area contributed by atoms with Crippen LogP contribution in [-0.2, 0) is 14.8 Å². The third-order valence-electron chi connectivity index (χ3n) is 5.23. The number of para-hydroxylation sites is 1. The molecule has 6 nitrogen and oxygen atoms in total. The SMILES string of the molecule is Cc1ccc(S(=O)(=O)N2CCCC(C(=O)NCCCN(C)c3ccccc3)C2)s1. The highest BCUT2D eigenvalue weighted by molar-refractivity contribution is 7.91. The summed E-state index contributed by atoms with van der Waals surface area (Å²) in [5.41, 5.74) is 1.15. The normalized spacial score (nSPS) is 17.8. The van der Waals surface area contributed by atoms with Gasteiger partial charge in [-0.3, -0.25) is 4.79 Å². The van der Waals surface area contributed by atoms with Gasteiger partial charge in [0, 0.05) is 43.8 Å². The number of thiophene rings is 1. The van der Waals surface area contributed by atoms with E-state index >= 15 is 0 Å². The van der Waals surface area contributed by atoms with Crippen molar-refractivity contribution in [2.75, 3.05) is 38.1 Å². The van der Waals surface area contributed by atoms with Crippen LogP contribution in [0.25, 0.3) is 0 Å². The molecule has 0 saturated carbocycles. The number of anilines is 1. The summed E-state index contributed by atoms with van der Waals surface area (Å²) in [6, 6.07) is 13.6. The maximum absolute atomic E-state index is 12.8. The van der Waals surface area contributed by atoms with Gasteiger partial charge in [0.25, 0.3) is 10.0 Å². The highest BCUT2D eigenvalue weighted by Crippen LogP contribution is 2.28. The van der Waals surface area contributed by atoms with Gasteiger partial charge in [-0.25, -0.2) is 8.42 Å². The maximum atomic E-state index is 12.8. The first-order chi connectivity index (χ1) is 13.9. The molecule has 1 unspecified atom stereocenters. The predicted octanol–water partition coefficient (Wildman–Crippen LogP) is 3.10. The van der Waals surface area contributed by atoms with Gasteiger partial charge < -0.3 is 10.2 Å². The zero-order valence-electron chi connectivity index (χ0n) is 17.0. The summed E-state index contributed by atoms with van der Waals surface area (Å²) in [7, 11) is -1.47. The quantitative estimate of drug-likeness (QED) is 0.647. The Labute approximate surface area is 177 Å². The van der Waals surface area contributed by atoms with Gasteiger partial charge in [0.1, 0.15) is 4.21 Å². The Kier molecular flexibility index (Phi) is 7.32. The van der Waals surface area contributed by atoms with Crippen molar-refractivity contribution in [1.82, 2.24) is 9.62 Å². The van der Waals surface area contributed by atoms with Gasteiger partial charge >= 0.3 is 0 Å². The molecule has 3 rings (SSSR count). The molecule has 1 fully saturated rings. The molecule has 1 aromatic carbocycles. The number of aryl methyl sites for hydroxylation is 1. The molecule has 29 heavy (non-hydrogen) atoms. The van der Waals surface area contributed by atoms with Crippen LogP contribution >= 0.6 is 11.3 Å². The Morgan fingerprint density at radius 3 is 2.69 bits per heavy atom. The van der Waals surface area contributed by atoms with Crippen LogP contribution in [0.4, 0.5) is 5.69 Å². The molecular weight excluding hydrogens is 406 g/mol. The van der Waals surface area contributed by atoms with Gasteiger partial charge in [-0.05, 0) is 50.5 Å². The number of hydrogen-bond acceptors (Lipinski definition) is 5. The first-order valence-electron chi connectivity index (χ1n) is 9.98. The number of nitrogens with zero attached hydrogens (tertiary/aromatic N) is 2. The molecule has 1 aromatic heterocycles. The molecule has 1 saturated heterocycles. The second-order valence-electron chi connectivity index (χ2n) is 7.47. The number of carbonyl (C=O) groups is 1. The lowest BCUT2D eigenvalue weighted by Crippen LogP contribution is -2.45. The van der Waals surface area contributed by atoms with Crippen LogP contribution in [0.5, 0.6) is 0 Å². The molecule has 8 heteroatoms. The number of nitrogens with one attached hydrogen (secondary N) is 1. The van der Waals surface area contributed by atoms with Crippen molar-refractivity contribution in [3.05, 3.63) is 47.3 Å². The molecule has 1 aliphatic rings. The van der Waals surface area contributed by atoms with E-state index in [0.717, 1.165) is 30.0 Å². The minimum atomic E-state index is -3.51. The first kappa shape index (κ1) is 21.8. The predicted molar refractivity (Wildman–Crippen MR) is 118 cm³/mol. The second-order valence-corrected chi connectivity index (χ2v) is 10.9. The van der Waals surface area contributed by atoms with Crippen molar-refractivity contribution in [2.45, 2.75) is 30.4 Å². The van der Waals surface area contributed by atoms with Crippen molar-refractivity contribution in [3.8, 4) is 0 Å². The molecule has 0 spiro atoms. The summed E-state index contributed by atoms with van der Waals surface area (Å²) in [6.07, 6.45) is 2.27. The fraction of sp³-hybridized carbons (Fsp3) is 0.476. The minimum Gasteiger partial charge on any atom is -0.375 e. The van der Waals surface area contributed by atoms with Gasteiger partial charge in [-0.1, -0.05) is 18.2 Å². The van der Waals surface area contributed by atoms with E-state index in [9.17, 15) is 13.2 Å². The van der Waals surface area contributed by atoms with Crippen molar-refractivity contribution < 1.29 is 13.2 Å². The van der Waals surface area contributed by atoms with Crippen LogP contribution in [0.3, 0.4) is 0 Å². The lowest BCUT2D eigenvalue weighted by Gasteiger charge is -2.30. The van der Waals surface area contributed by atoms with Gasteiger partial charge in [0.05, 0.1) is 5.92 Å².